The molecule has 1 unspecified atom stereocenters. The lowest BCUT2D eigenvalue weighted by Gasteiger charge is -2.28. The lowest BCUT2D eigenvalue weighted by molar-refractivity contribution is 0.102. The Morgan fingerprint density at radius 3 is 2.42 bits per heavy atom. The molecule has 0 saturated carbocycles. The van der Waals surface area contributed by atoms with Crippen LogP contribution < -0.4 is 0 Å². The number of β-amino-alcohol motifs (C(OH)–C–C–N with tert-alkyl or cyclic N) is 1. The molecule has 0 amide bonds. The number of rotatable bonds is 4. The molecule has 1 saturated heterocycles. The minimum Gasteiger partial charge on any atom is -0.387 e. The smallest absolute Gasteiger partial charge is 0.0940 e. The Morgan fingerprint density at radius 1 is 1.00 bits per heavy atom. The summed E-state index contributed by atoms with van der Waals surface area (Å²) in [5, 5.41) is 12.9. The van der Waals surface area contributed by atoms with Crippen LogP contribution >= 0.6 is 11.6 Å². The highest BCUT2D eigenvalue weighted by Crippen LogP contribution is 2.34. The number of aliphatic hydroxyl groups excluding tert-OH is 1. The van der Waals surface area contributed by atoms with Gasteiger partial charge in [0.15, 0.2) is 0 Å². The van der Waals surface area contributed by atoms with Gasteiger partial charge in [-0.3, -0.25) is 0 Å². The molecule has 4 rings (SSSR count). The van der Waals surface area contributed by atoms with E-state index in [0.717, 1.165) is 46.0 Å². The van der Waals surface area contributed by atoms with Crippen molar-refractivity contribution in [2.45, 2.75) is 32.3 Å². The molecule has 3 nitrogen and oxygen atoms in total. The maximum atomic E-state index is 11.1. The van der Waals surface area contributed by atoms with E-state index < -0.39 is 6.10 Å². The van der Waals surface area contributed by atoms with E-state index in [1.54, 1.807) is 0 Å². The second kappa shape index (κ2) is 7.43. The Labute approximate surface area is 159 Å². The predicted molar refractivity (Wildman–Crippen MR) is 108 cm³/mol. The topological polar surface area (TPSA) is 28.4 Å². The summed E-state index contributed by atoms with van der Waals surface area (Å²) in [5.41, 5.74) is 4.33. The van der Waals surface area contributed by atoms with E-state index >= 15 is 0 Å². The zero-order valence-corrected chi connectivity index (χ0v) is 15.9. The van der Waals surface area contributed by atoms with Gasteiger partial charge < -0.3 is 14.6 Å². The average molecular weight is 369 g/mol. The van der Waals surface area contributed by atoms with Gasteiger partial charge in [-0.1, -0.05) is 36.2 Å². The molecule has 0 radical (unpaired) electrons. The molecule has 0 spiro atoms. The van der Waals surface area contributed by atoms with Gasteiger partial charge in [-0.05, 0) is 63.2 Å². The molecule has 4 heteroatoms. The summed E-state index contributed by atoms with van der Waals surface area (Å²) in [5.74, 6) is 0. The quantitative estimate of drug-likeness (QED) is 0.693. The number of aromatic nitrogens is 1. The number of hydrogen-bond acceptors (Lipinski definition) is 2. The van der Waals surface area contributed by atoms with Crippen molar-refractivity contribution in [3.63, 3.8) is 0 Å². The normalized spacial score (nSPS) is 16.9. The summed E-state index contributed by atoms with van der Waals surface area (Å²) >= 11 is 6.07. The molecule has 1 aliphatic rings. The lowest BCUT2D eigenvalue weighted by atomic mass is 10.0. The molecule has 1 N–H and O–H groups in total. The number of fused-ring (bicyclic) bond motifs is 1. The molecule has 3 aromatic rings. The first-order valence-electron chi connectivity index (χ1n) is 9.41. The first-order chi connectivity index (χ1) is 12.6. The van der Waals surface area contributed by atoms with E-state index in [0.29, 0.717) is 6.54 Å². The lowest BCUT2D eigenvalue weighted by Crippen LogP contribution is -2.33. The van der Waals surface area contributed by atoms with Gasteiger partial charge in [0.05, 0.1) is 11.6 Å². The molecule has 1 atom stereocenters. The summed E-state index contributed by atoms with van der Waals surface area (Å²) in [6.07, 6.45) is 3.30. The van der Waals surface area contributed by atoms with Crippen LogP contribution in [0.2, 0.25) is 5.02 Å². The third kappa shape index (κ3) is 3.27. The highest BCUT2D eigenvalue weighted by molar-refractivity contribution is 6.30. The minimum absolute atomic E-state index is 0.480. The van der Waals surface area contributed by atoms with E-state index in [1.807, 2.05) is 30.3 Å². The van der Waals surface area contributed by atoms with E-state index in [2.05, 4.69) is 34.6 Å². The summed E-state index contributed by atoms with van der Waals surface area (Å²) in [6.45, 7) is 4.98. The maximum absolute atomic E-state index is 11.1. The SMILES string of the molecule is Cc1c(C(O)CN2CCCCC2)c2ccccc2n1-c1ccc(Cl)cc1. The van der Waals surface area contributed by atoms with Crippen LogP contribution in [0.3, 0.4) is 0 Å². The van der Waals surface area contributed by atoms with Gasteiger partial charge in [-0.15, -0.1) is 0 Å². The molecule has 136 valence electrons. The molecular formula is C22H25ClN2O. The van der Waals surface area contributed by atoms with Crippen LogP contribution in [-0.4, -0.2) is 34.2 Å². The van der Waals surface area contributed by atoms with Crippen molar-refractivity contribution in [1.29, 1.82) is 0 Å². The number of halogens is 1. The van der Waals surface area contributed by atoms with Crippen LogP contribution in [0.25, 0.3) is 16.6 Å². The van der Waals surface area contributed by atoms with Crippen LogP contribution in [0.4, 0.5) is 0 Å². The van der Waals surface area contributed by atoms with Crippen LogP contribution in [0.5, 0.6) is 0 Å². The second-order valence-corrected chi connectivity index (χ2v) is 7.64. The molecule has 1 aromatic heterocycles. The number of aliphatic hydroxyl groups is 1. The van der Waals surface area contributed by atoms with Gasteiger partial charge in [0.1, 0.15) is 0 Å². The molecule has 26 heavy (non-hydrogen) atoms. The Morgan fingerprint density at radius 2 is 1.69 bits per heavy atom. The standard InChI is InChI=1S/C22H25ClN2O/c1-16-22(21(26)15-24-13-5-2-6-14-24)19-7-3-4-8-20(19)25(16)18-11-9-17(23)10-12-18/h3-4,7-12,21,26H,2,5-6,13-15H2,1H3. The number of hydrogen-bond donors (Lipinski definition) is 1. The van der Waals surface area contributed by atoms with Gasteiger partial charge in [-0.2, -0.15) is 0 Å². The monoisotopic (exact) mass is 368 g/mol. The Kier molecular flexibility index (Phi) is 5.03. The van der Waals surface area contributed by atoms with Crippen molar-refractivity contribution in [3.05, 3.63) is 64.8 Å². The first-order valence-corrected chi connectivity index (χ1v) is 9.79. The van der Waals surface area contributed by atoms with Crippen molar-refractivity contribution in [1.82, 2.24) is 9.47 Å². The zero-order chi connectivity index (χ0) is 18.1. The summed E-state index contributed by atoms with van der Waals surface area (Å²) < 4.78 is 2.22. The predicted octanol–water partition coefficient (Wildman–Crippen LogP) is 5.11. The number of piperidine rings is 1. The van der Waals surface area contributed by atoms with Crippen molar-refractivity contribution >= 4 is 22.5 Å². The molecular weight excluding hydrogens is 344 g/mol. The van der Waals surface area contributed by atoms with Gasteiger partial charge in [0.2, 0.25) is 0 Å². The summed E-state index contributed by atoms with van der Waals surface area (Å²) in [6, 6.07) is 16.2. The first kappa shape index (κ1) is 17.6. The largest absolute Gasteiger partial charge is 0.387 e. The molecule has 1 fully saturated rings. The molecule has 0 bridgehead atoms. The third-order valence-corrected chi connectivity index (χ3v) is 5.71. The fourth-order valence-corrected chi connectivity index (χ4v) is 4.34. The summed E-state index contributed by atoms with van der Waals surface area (Å²) in [7, 11) is 0. The van der Waals surface area contributed by atoms with E-state index in [-0.39, 0.29) is 0 Å². The molecule has 0 aliphatic carbocycles. The van der Waals surface area contributed by atoms with Crippen LogP contribution in [0, 0.1) is 6.92 Å². The number of likely N-dealkylation sites (tertiary alicyclic amines) is 1. The van der Waals surface area contributed by atoms with Crippen LogP contribution in [0.1, 0.15) is 36.6 Å². The molecule has 2 heterocycles. The van der Waals surface area contributed by atoms with Crippen LogP contribution in [-0.2, 0) is 0 Å². The minimum atomic E-state index is -0.480. The van der Waals surface area contributed by atoms with Gasteiger partial charge >= 0.3 is 0 Å². The fourth-order valence-electron chi connectivity index (χ4n) is 4.21. The number of benzene rings is 2. The van der Waals surface area contributed by atoms with E-state index in [1.165, 1.54) is 19.3 Å². The Balaban J connectivity index is 1.77. The Bertz CT molecular complexity index is 894. The van der Waals surface area contributed by atoms with Crippen molar-refractivity contribution in [2.24, 2.45) is 0 Å². The van der Waals surface area contributed by atoms with Crippen molar-refractivity contribution in [3.8, 4) is 5.69 Å². The highest BCUT2D eigenvalue weighted by Gasteiger charge is 2.23. The van der Waals surface area contributed by atoms with Crippen LogP contribution in [0.15, 0.2) is 48.5 Å². The molecule has 1 aliphatic heterocycles. The second-order valence-electron chi connectivity index (χ2n) is 7.21. The van der Waals surface area contributed by atoms with Gasteiger partial charge in [-0.25, -0.2) is 0 Å². The third-order valence-electron chi connectivity index (χ3n) is 5.46. The van der Waals surface area contributed by atoms with E-state index in [9.17, 15) is 5.11 Å². The van der Waals surface area contributed by atoms with Gasteiger partial charge in [0, 0.05) is 33.9 Å². The molecule has 2 aromatic carbocycles. The van der Waals surface area contributed by atoms with Crippen molar-refractivity contribution < 1.29 is 5.11 Å². The van der Waals surface area contributed by atoms with Gasteiger partial charge in [0.25, 0.3) is 0 Å². The zero-order valence-electron chi connectivity index (χ0n) is 15.2. The maximum Gasteiger partial charge on any atom is 0.0940 e. The summed E-state index contributed by atoms with van der Waals surface area (Å²) in [4.78, 5) is 2.39. The Hall–Kier alpha value is -1.81. The fraction of sp³-hybridized carbons (Fsp3) is 0.364. The average Bonchev–Trinajstić information content (AvgIpc) is 2.95. The highest BCUT2D eigenvalue weighted by atomic mass is 35.5. The van der Waals surface area contributed by atoms with E-state index in [4.69, 9.17) is 11.6 Å². The number of para-hydroxylation sites is 1. The van der Waals surface area contributed by atoms with Crippen molar-refractivity contribution in [2.75, 3.05) is 19.6 Å². The number of nitrogens with zero attached hydrogens (tertiary/aromatic N) is 2.